The minimum absolute atomic E-state index is 0.306. The van der Waals surface area contributed by atoms with Crippen LogP contribution in [0, 0.1) is 0 Å². The van der Waals surface area contributed by atoms with Crippen LogP contribution in [0.5, 0.6) is 5.88 Å². The third-order valence-corrected chi connectivity index (χ3v) is 1.72. The summed E-state index contributed by atoms with van der Waals surface area (Å²) in [5, 5.41) is 4.17. The van der Waals surface area contributed by atoms with Crippen molar-refractivity contribution in [3.8, 4) is 5.88 Å². The maximum atomic E-state index is 5.51. The van der Waals surface area contributed by atoms with Gasteiger partial charge in [-0.2, -0.15) is 5.10 Å². The number of methoxy groups -OCH3 is 1. The third-order valence-electron chi connectivity index (χ3n) is 1.72. The van der Waals surface area contributed by atoms with Crippen molar-refractivity contribution >= 4 is 0 Å². The largest absolute Gasteiger partial charge is 0.481 e. The first-order valence-corrected chi connectivity index (χ1v) is 4.01. The standard InChI is InChI=1S/C8H15N3O/c1-6(2)11-8(12-3)7(4-9)5-10-11/h5-6H,4,9H2,1-3H3. The number of aromatic nitrogens is 2. The second kappa shape index (κ2) is 3.58. The minimum atomic E-state index is 0.306. The van der Waals surface area contributed by atoms with Gasteiger partial charge in [0.05, 0.1) is 19.3 Å². The normalized spacial score (nSPS) is 10.8. The van der Waals surface area contributed by atoms with Crippen LogP contribution in [0.1, 0.15) is 25.5 Å². The van der Waals surface area contributed by atoms with Crippen LogP contribution in [0.3, 0.4) is 0 Å². The maximum absolute atomic E-state index is 5.51. The molecule has 0 saturated carbocycles. The molecule has 0 spiro atoms. The van der Waals surface area contributed by atoms with Crippen LogP contribution in [-0.2, 0) is 6.54 Å². The molecule has 68 valence electrons. The summed E-state index contributed by atoms with van der Waals surface area (Å²) in [7, 11) is 1.63. The van der Waals surface area contributed by atoms with Gasteiger partial charge < -0.3 is 10.5 Å². The Kier molecular flexibility index (Phi) is 2.70. The lowest BCUT2D eigenvalue weighted by Gasteiger charge is -2.10. The van der Waals surface area contributed by atoms with Crippen LogP contribution in [-0.4, -0.2) is 16.9 Å². The molecule has 0 aliphatic heterocycles. The van der Waals surface area contributed by atoms with Gasteiger partial charge in [-0.25, -0.2) is 4.68 Å². The molecule has 2 N–H and O–H groups in total. The maximum Gasteiger partial charge on any atom is 0.216 e. The summed E-state index contributed by atoms with van der Waals surface area (Å²) in [5.41, 5.74) is 6.46. The van der Waals surface area contributed by atoms with Gasteiger partial charge in [-0.05, 0) is 13.8 Å². The number of rotatable bonds is 3. The molecule has 0 aliphatic rings. The van der Waals surface area contributed by atoms with E-state index in [2.05, 4.69) is 18.9 Å². The van der Waals surface area contributed by atoms with Crippen molar-refractivity contribution in [1.29, 1.82) is 0 Å². The first-order chi connectivity index (χ1) is 5.70. The summed E-state index contributed by atoms with van der Waals surface area (Å²) in [6.07, 6.45) is 1.75. The van der Waals surface area contributed by atoms with Crippen LogP contribution < -0.4 is 10.5 Å². The Balaban J connectivity index is 3.05. The van der Waals surface area contributed by atoms with E-state index >= 15 is 0 Å². The lowest BCUT2D eigenvalue weighted by molar-refractivity contribution is 0.342. The van der Waals surface area contributed by atoms with Gasteiger partial charge in [0.25, 0.3) is 0 Å². The summed E-state index contributed by atoms with van der Waals surface area (Å²) in [6, 6.07) is 0.306. The fraction of sp³-hybridized carbons (Fsp3) is 0.625. The van der Waals surface area contributed by atoms with Crippen molar-refractivity contribution in [2.45, 2.75) is 26.4 Å². The van der Waals surface area contributed by atoms with Crippen LogP contribution in [0.4, 0.5) is 0 Å². The zero-order valence-corrected chi connectivity index (χ0v) is 7.74. The molecule has 0 aliphatic carbocycles. The van der Waals surface area contributed by atoms with Gasteiger partial charge in [0.2, 0.25) is 5.88 Å². The van der Waals surface area contributed by atoms with E-state index in [0.29, 0.717) is 12.6 Å². The summed E-state index contributed by atoms with van der Waals surface area (Å²) >= 11 is 0. The molecule has 1 aromatic rings. The van der Waals surface area contributed by atoms with E-state index in [-0.39, 0.29) is 0 Å². The molecule has 0 saturated heterocycles. The molecule has 1 aromatic heterocycles. The molecular formula is C8H15N3O. The molecule has 0 radical (unpaired) electrons. The Morgan fingerprint density at radius 1 is 1.67 bits per heavy atom. The summed E-state index contributed by atoms with van der Waals surface area (Å²) in [4.78, 5) is 0. The van der Waals surface area contributed by atoms with E-state index in [9.17, 15) is 0 Å². The van der Waals surface area contributed by atoms with E-state index in [1.807, 2.05) is 4.68 Å². The van der Waals surface area contributed by atoms with Crippen molar-refractivity contribution < 1.29 is 4.74 Å². The monoisotopic (exact) mass is 169 g/mol. The molecule has 12 heavy (non-hydrogen) atoms. The Morgan fingerprint density at radius 2 is 2.33 bits per heavy atom. The fourth-order valence-corrected chi connectivity index (χ4v) is 1.12. The highest BCUT2D eigenvalue weighted by atomic mass is 16.5. The molecule has 0 bridgehead atoms. The molecule has 4 nitrogen and oxygen atoms in total. The zero-order valence-electron chi connectivity index (χ0n) is 7.74. The number of hydrogen-bond donors (Lipinski definition) is 1. The number of ether oxygens (including phenoxy) is 1. The van der Waals surface area contributed by atoms with Crippen LogP contribution >= 0.6 is 0 Å². The Morgan fingerprint density at radius 3 is 2.75 bits per heavy atom. The summed E-state index contributed by atoms with van der Waals surface area (Å²) in [5.74, 6) is 0.771. The molecule has 4 heteroatoms. The first kappa shape index (κ1) is 9.06. The lowest BCUT2D eigenvalue weighted by Crippen LogP contribution is -2.06. The van der Waals surface area contributed by atoms with Gasteiger partial charge in [-0.3, -0.25) is 0 Å². The highest BCUT2D eigenvalue weighted by molar-refractivity contribution is 5.24. The first-order valence-electron chi connectivity index (χ1n) is 4.01. The summed E-state index contributed by atoms with van der Waals surface area (Å²) < 4.78 is 7.01. The van der Waals surface area contributed by atoms with Crippen LogP contribution in [0.2, 0.25) is 0 Å². The molecular weight excluding hydrogens is 154 g/mol. The molecule has 0 fully saturated rings. The van der Waals surface area contributed by atoms with Crippen molar-refractivity contribution in [2.75, 3.05) is 7.11 Å². The highest BCUT2D eigenvalue weighted by Gasteiger charge is 2.11. The fourth-order valence-electron chi connectivity index (χ4n) is 1.12. The van der Waals surface area contributed by atoms with E-state index in [0.717, 1.165) is 11.4 Å². The topological polar surface area (TPSA) is 53.1 Å². The van der Waals surface area contributed by atoms with Gasteiger partial charge in [0.15, 0.2) is 0 Å². The number of nitrogens with zero attached hydrogens (tertiary/aromatic N) is 2. The minimum Gasteiger partial charge on any atom is -0.481 e. The quantitative estimate of drug-likeness (QED) is 0.732. The predicted octanol–water partition coefficient (Wildman–Crippen LogP) is 0.931. The second-order valence-corrected chi connectivity index (χ2v) is 2.92. The average Bonchev–Trinajstić information content (AvgIpc) is 2.46. The van der Waals surface area contributed by atoms with Gasteiger partial charge in [-0.15, -0.1) is 0 Å². The van der Waals surface area contributed by atoms with E-state index in [4.69, 9.17) is 10.5 Å². The lowest BCUT2D eigenvalue weighted by atomic mass is 10.3. The molecule has 0 amide bonds. The highest BCUT2D eigenvalue weighted by Crippen LogP contribution is 2.20. The van der Waals surface area contributed by atoms with Crippen molar-refractivity contribution in [1.82, 2.24) is 9.78 Å². The number of hydrogen-bond acceptors (Lipinski definition) is 3. The van der Waals surface area contributed by atoms with Gasteiger partial charge in [0.1, 0.15) is 0 Å². The predicted molar refractivity (Wildman–Crippen MR) is 47.1 cm³/mol. The van der Waals surface area contributed by atoms with Gasteiger partial charge in [0, 0.05) is 12.1 Å². The molecule has 0 aromatic carbocycles. The van der Waals surface area contributed by atoms with E-state index < -0.39 is 0 Å². The molecule has 1 heterocycles. The second-order valence-electron chi connectivity index (χ2n) is 2.92. The van der Waals surface area contributed by atoms with Gasteiger partial charge in [-0.1, -0.05) is 0 Å². The zero-order chi connectivity index (χ0) is 9.14. The third kappa shape index (κ3) is 1.43. The Labute approximate surface area is 72.3 Å². The smallest absolute Gasteiger partial charge is 0.216 e. The van der Waals surface area contributed by atoms with Crippen molar-refractivity contribution in [3.63, 3.8) is 0 Å². The summed E-state index contributed by atoms with van der Waals surface area (Å²) in [6.45, 7) is 4.57. The van der Waals surface area contributed by atoms with Gasteiger partial charge >= 0.3 is 0 Å². The molecule has 0 unspecified atom stereocenters. The van der Waals surface area contributed by atoms with E-state index in [1.165, 1.54) is 0 Å². The molecule has 0 atom stereocenters. The Hall–Kier alpha value is -1.03. The Bertz CT molecular complexity index is 255. The average molecular weight is 169 g/mol. The molecule has 1 rings (SSSR count). The van der Waals surface area contributed by atoms with Crippen LogP contribution in [0.25, 0.3) is 0 Å². The number of nitrogens with two attached hydrogens (primary N) is 1. The van der Waals surface area contributed by atoms with Crippen molar-refractivity contribution in [2.24, 2.45) is 5.73 Å². The van der Waals surface area contributed by atoms with Crippen LogP contribution in [0.15, 0.2) is 6.20 Å². The van der Waals surface area contributed by atoms with Crippen molar-refractivity contribution in [3.05, 3.63) is 11.8 Å². The SMILES string of the molecule is COc1c(CN)cnn1C(C)C. The van der Waals surface area contributed by atoms with E-state index in [1.54, 1.807) is 13.3 Å².